The van der Waals surface area contributed by atoms with E-state index < -0.39 is 24.2 Å². The third-order valence-electron chi connectivity index (χ3n) is 6.98. The molecule has 0 bridgehead atoms. The van der Waals surface area contributed by atoms with Gasteiger partial charge in [-0.1, -0.05) is 73.3 Å². The molecule has 0 radical (unpaired) electrons. The van der Waals surface area contributed by atoms with Crippen LogP contribution in [0.4, 0.5) is 9.59 Å². The van der Waals surface area contributed by atoms with E-state index in [0.29, 0.717) is 31.6 Å². The SMILES string of the molecule is C=CCOC(=O)NCCCC[C@H](NC(=O)OCC1c2ccccc2-c2ccccc21)C(=O)OCc1ccc(OC)cc1. The molecule has 220 valence electrons. The molecular formula is C33H36N2O7. The summed E-state index contributed by atoms with van der Waals surface area (Å²) in [7, 11) is 1.58. The van der Waals surface area contributed by atoms with Crippen molar-refractivity contribution in [1.82, 2.24) is 10.6 Å². The second-order valence-corrected chi connectivity index (χ2v) is 9.79. The highest BCUT2D eigenvalue weighted by molar-refractivity contribution is 5.82. The van der Waals surface area contributed by atoms with Crippen molar-refractivity contribution in [2.45, 2.75) is 37.8 Å². The number of esters is 1. The van der Waals surface area contributed by atoms with Crippen LogP contribution < -0.4 is 15.4 Å². The number of ether oxygens (including phenoxy) is 4. The molecule has 9 nitrogen and oxygen atoms in total. The zero-order chi connectivity index (χ0) is 29.7. The van der Waals surface area contributed by atoms with Gasteiger partial charge in [0.25, 0.3) is 0 Å². The number of methoxy groups -OCH3 is 1. The molecule has 2 amide bonds. The standard InChI is InChI=1S/C33H36N2O7/c1-3-20-40-32(37)34-19-9-8-14-30(31(36)41-21-23-15-17-24(39-2)18-16-23)35-33(38)42-22-29-27-12-6-4-10-25(27)26-11-5-7-13-28(26)29/h3-7,10-13,15-18,29-30H,1,8-9,14,19-22H2,2H3,(H,34,37)(H,35,38)/t30-/m0/s1. The minimum absolute atomic E-state index is 0.0440. The van der Waals surface area contributed by atoms with Crippen LogP contribution in [0.25, 0.3) is 11.1 Å². The average molecular weight is 573 g/mol. The van der Waals surface area contributed by atoms with Gasteiger partial charge in [-0.2, -0.15) is 0 Å². The van der Waals surface area contributed by atoms with Gasteiger partial charge >= 0.3 is 18.2 Å². The van der Waals surface area contributed by atoms with Crippen molar-refractivity contribution in [3.63, 3.8) is 0 Å². The summed E-state index contributed by atoms with van der Waals surface area (Å²) in [4.78, 5) is 37.6. The first-order valence-corrected chi connectivity index (χ1v) is 13.9. The molecule has 0 saturated carbocycles. The van der Waals surface area contributed by atoms with Crippen molar-refractivity contribution in [1.29, 1.82) is 0 Å². The smallest absolute Gasteiger partial charge is 0.407 e. The molecule has 0 aromatic heterocycles. The Labute approximate surface area is 245 Å². The lowest BCUT2D eigenvalue weighted by Gasteiger charge is -2.19. The number of fused-ring (bicyclic) bond motifs is 3. The average Bonchev–Trinajstić information content (AvgIpc) is 3.34. The van der Waals surface area contributed by atoms with Gasteiger partial charge in [0.1, 0.15) is 31.6 Å². The summed E-state index contributed by atoms with van der Waals surface area (Å²) < 4.78 is 21.2. The zero-order valence-electron chi connectivity index (χ0n) is 23.7. The predicted octanol–water partition coefficient (Wildman–Crippen LogP) is 5.73. The van der Waals surface area contributed by atoms with Crippen LogP contribution in [0.5, 0.6) is 5.75 Å². The molecule has 0 saturated heterocycles. The second kappa shape index (κ2) is 15.3. The van der Waals surface area contributed by atoms with Crippen LogP contribution in [0.3, 0.4) is 0 Å². The number of unbranched alkanes of at least 4 members (excludes halogenated alkanes) is 1. The Morgan fingerprint density at radius 2 is 1.52 bits per heavy atom. The maximum Gasteiger partial charge on any atom is 0.407 e. The number of carbonyl (C=O) groups is 3. The van der Waals surface area contributed by atoms with Crippen LogP contribution in [0.2, 0.25) is 0 Å². The minimum Gasteiger partial charge on any atom is -0.497 e. The van der Waals surface area contributed by atoms with Crippen LogP contribution in [0.15, 0.2) is 85.5 Å². The normalized spacial score (nSPS) is 12.3. The number of benzene rings is 3. The Kier molecular flexibility index (Phi) is 11.0. The van der Waals surface area contributed by atoms with Crippen LogP contribution >= 0.6 is 0 Å². The van der Waals surface area contributed by atoms with Crippen LogP contribution in [0, 0.1) is 0 Å². The van der Waals surface area contributed by atoms with Crippen molar-refractivity contribution >= 4 is 18.2 Å². The molecular weight excluding hydrogens is 536 g/mol. The van der Waals surface area contributed by atoms with Gasteiger partial charge in [0, 0.05) is 12.5 Å². The lowest BCUT2D eigenvalue weighted by molar-refractivity contribution is -0.147. The molecule has 1 atom stereocenters. The highest BCUT2D eigenvalue weighted by Gasteiger charge is 2.30. The molecule has 0 aliphatic heterocycles. The van der Waals surface area contributed by atoms with Crippen molar-refractivity contribution in [2.75, 3.05) is 26.9 Å². The van der Waals surface area contributed by atoms with E-state index in [4.69, 9.17) is 18.9 Å². The second-order valence-electron chi connectivity index (χ2n) is 9.79. The Morgan fingerprint density at radius 3 is 2.17 bits per heavy atom. The van der Waals surface area contributed by atoms with E-state index in [1.54, 1.807) is 31.4 Å². The van der Waals surface area contributed by atoms with Crippen molar-refractivity contribution in [2.24, 2.45) is 0 Å². The number of hydrogen-bond donors (Lipinski definition) is 2. The molecule has 0 spiro atoms. The molecule has 9 heteroatoms. The van der Waals surface area contributed by atoms with E-state index in [2.05, 4.69) is 29.3 Å². The maximum atomic E-state index is 13.0. The fraction of sp³-hybridized carbons (Fsp3) is 0.303. The predicted molar refractivity (Wildman–Crippen MR) is 158 cm³/mol. The molecule has 42 heavy (non-hydrogen) atoms. The topological polar surface area (TPSA) is 112 Å². The van der Waals surface area contributed by atoms with Crippen LogP contribution in [-0.4, -0.2) is 51.1 Å². The lowest BCUT2D eigenvalue weighted by atomic mass is 9.98. The van der Waals surface area contributed by atoms with Gasteiger partial charge in [-0.25, -0.2) is 14.4 Å². The summed E-state index contributed by atoms with van der Waals surface area (Å²) in [5.74, 6) is 0.0232. The van der Waals surface area contributed by atoms with E-state index in [9.17, 15) is 14.4 Å². The number of nitrogens with one attached hydrogen (secondary N) is 2. The molecule has 3 aromatic rings. The number of alkyl carbamates (subject to hydrolysis) is 2. The van der Waals surface area contributed by atoms with Gasteiger partial charge in [0.15, 0.2) is 0 Å². The van der Waals surface area contributed by atoms with Crippen LogP contribution in [-0.2, 0) is 25.6 Å². The van der Waals surface area contributed by atoms with Crippen molar-refractivity contribution in [3.8, 4) is 16.9 Å². The third-order valence-corrected chi connectivity index (χ3v) is 6.98. The highest BCUT2D eigenvalue weighted by atomic mass is 16.6. The Balaban J connectivity index is 1.33. The van der Waals surface area contributed by atoms with Gasteiger partial charge < -0.3 is 29.6 Å². The number of hydrogen-bond acceptors (Lipinski definition) is 7. The quantitative estimate of drug-likeness (QED) is 0.110. The van der Waals surface area contributed by atoms with Crippen molar-refractivity contribution < 1.29 is 33.3 Å². The number of amides is 2. The van der Waals surface area contributed by atoms with Gasteiger partial charge in [-0.3, -0.25) is 0 Å². The van der Waals surface area contributed by atoms with E-state index in [1.807, 2.05) is 36.4 Å². The van der Waals surface area contributed by atoms with Gasteiger partial charge in [-0.15, -0.1) is 0 Å². The Bertz CT molecular complexity index is 1330. The van der Waals surface area contributed by atoms with Crippen molar-refractivity contribution in [3.05, 3.63) is 102 Å². The number of carbonyl (C=O) groups excluding carboxylic acids is 3. The summed E-state index contributed by atoms with van der Waals surface area (Å²) in [6.45, 7) is 4.15. The first kappa shape index (κ1) is 30.2. The third kappa shape index (κ3) is 8.13. The monoisotopic (exact) mass is 572 g/mol. The van der Waals surface area contributed by atoms with E-state index in [1.165, 1.54) is 6.08 Å². The first-order chi connectivity index (χ1) is 20.5. The van der Waals surface area contributed by atoms with Gasteiger partial charge in [-0.05, 0) is 59.2 Å². The van der Waals surface area contributed by atoms with Gasteiger partial charge in [0.2, 0.25) is 0 Å². The van der Waals surface area contributed by atoms with E-state index in [-0.39, 0.29) is 25.7 Å². The number of rotatable bonds is 14. The summed E-state index contributed by atoms with van der Waals surface area (Å²) >= 11 is 0. The summed E-state index contributed by atoms with van der Waals surface area (Å²) in [5.41, 5.74) is 5.24. The molecule has 3 aromatic carbocycles. The molecule has 0 heterocycles. The Hall–Kier alpha value is -4.79. The maximum absolute atomic E-state index is 13.0. The van der Waals surface area contributed by atoms with Crippen LogP contribution in [0.1, 0.15) is 41.9 Å². The fourth-order valence-corrected chi connectivity index (χ4v) is 4.86. The molecule has 1 aliphatic carbocycles. The fourth-order valence-electron chi connectivity index (χ4n) is 4.86. The van der Waals surface area contributed by atoms with E-state index in [0.717, 1.165) is 27.8 Å². The zero-order valence-corrected chi connectivity index (χ0v) is 23.7. The lowest BCUT2D eigenvalue weighted by Crippen LogP contribution is -2.42. The summed E-state index contributed by atoms with van der Waals surface area (Å²) in [6.07, 6.45) is 1.65. The molecule has 0 fully saturated rings. The molecule has 1 aliphatic rings. The first-order valence-electron chi connectivity index (χ1n) is 13.9. The highest BCUT2D eigenvalue weighted by Crippen LogP contribution is 2.44. The van der Waals surface area contributed by atoms with Gasteiger partial charge in [0.05, 0.1) is 7.11 Å². The molecule has 0 unspecified atom stereocenters. The van der Waals surface area contributed by atoms with E-state index >= 15 is 0 Å². The Morgan fingerprint density at radius 1 is 0.857 bits per heavy atom. The largest absolute Gasteiger partial charge is 0.497 e. The molecule has 4 rings (SSSR count). The summed E-state index contributed by atoms with van der Waals surface area (Å²) in [5, 5.41) is 5.33. The minimum atomic E-state index is -0.924. The molecule has 2 N–H and O–H groups in total. The summed E-state index contributed by atoms with van der Waals surface area (Å²) in [6, 6.07) is 22.4.